The van der Waals surface area contributed by atoms with Crippen molar-refractivity contribution in [2.45, 2.75) is 0 Å². The summed E-state index contributed by atoms with van der Waals surface area (Å²) in [4.78, 5) is 30.7. The molecule has 0 aliphatic heterocycles. The van der Waals surface area contributed by atoms with Crippen LogP contribution in [0.25, 0.3) is 127 Å². The molecule has 4 heterocycles. The Morgan fingerprint density at radius 3 is 1.32 bits per heavy atom. The van der Waals surface area contributed by atoms with E-state index in [9.17, 15) is 0 Å². The molecule has 0 saturated carbocycles. The summed E-state index contributed by atoms with van der Waals surface area (Å²) in [5.74, 6) is 3.35. The van der Waals surface area contributed by atoms with Gasteiger partial charge in [0.2, 0.25) is 0 Å². The van der Waals surface area contributed by atoms with Crippen LogP contribution in [0.2, 0.25) is 0 Å². The molecule has 0 amide bonds. The number of para-hydroxylation sites is 2. The Hall–Kier alpha value is -8.98. The van der Waals surface area contributed by atoms with Crippen LogP contribution in [0.1, 0.15) is 0 Å². The van der Waals surface area contributed by atoms with Gasteiger partial charge in [-0.25, -0.2) is 29.9 Å². The SMILES string of the molecule is c1ccc(-c2nc(-c3ccccc3)nc(-c3ccccc3-c3nc(-c4ccccc4)nc(-c4cccc(-c5cccc6c5sc5cc7c(cc56)c5ccccc5n7-c5ccccc5)c4)n3)n2)cc1. The van der Waals surface area contributed by atoms with Crippen LogP contribution in [-0.2, 0) is 0 Å². The van der Waals surface area contributed by atoms with E-state index in [0.717, 1.165) is 50.2 Å². The highest BCUT2D eigenvalue weighted by Gasteiger charge is 2.21. The first-order valence-electron chi connectivity index (χ1n) is 22.5. The second-order valence-electron chi connectivity index (χ2n) is 16.7. The van der Waals surface area contributed by atoms with Crippen LogP contribution in [0.4, 0.5) is 0 Å². The van der Waals surface area contributed by atoms with Gasteiger partial charge in [0.05, 0.1) is 11.0 Å². The smallest absolute Gasteiger partial charge is 0.164 e. The van der Waals surface area contributed by atoms with Crippen LogP contribution < -0.4 is 0 Å². The van der Waals surface area contributed by atoms with Crippen molar-refractivity contribution in [2.24, 2.45) is 0 Å². The van der Waals surface area contributed by atoms with Crippen molar-refractivity contribution in [3.8, 4) is 85.1 Å². The molecule has 0 aliphatic carbocycles. The standard InChI is InChI=1S/C60H37N7S/c1-5-19-38(20-6-1)55-61-56(39-21-7-2-8-22-39)64-59(63-55)47-30-13-14-31-48(47)60-65-57(40-23-9-3-10-24-40)62-58(66-60)42-26-17-25-41(35-42)44-32-18-33-46-50-36-49-45-29-15-16-34-51(45)67(43-27-11-4-12-28-43)52(49)37-53(50)68-54(44)46/h1-37H. The molecule has 4 aromatic heterocycles. The van der Waals surface area contributed by atoms with E-state index in [4.69, 9.17) is 29.9 Å². The molecule has 0 fully saturated rings. The molecule has 0 N–H and O–H groups in total. The highest BCUT2D eigenvalue weighted by atomic mass is 32.1. The molecule has 318 valence electrons. The molecule has 68 heavy (non-hydrogen) atoms. The normalized spacial score (nSPS) is 11.5. The van der Waals surface area contributed by atoms with Gasteiger partial charge in [0.15, 0.2) is 34.9 Å². The Bertz CT molecular complexity index is 3960. The largest absolute Gasteiger partial charge is 0.309 e. The van der Waals surface area contributed by atoms with Gasteiger partial charge in [-0.05, 0) is 47.5 Å². The summed E-state index contributed by atoms with van der Waals surface area (Å²) < 4.78 is 4.87. The number of thiophene rings is 1. The summed E-state index contributed by atoms with van der Waals surface area (Å²) in [6.07, 6.45) is 0. The van der Waals surface area contributed by atoms with Crippen LogP contribution in [0.5, 0.6) is 0 Å². The second-order valence-corrected chi connectivity index (χ2v) is 17.7. The van der Waals surface area contributed by atoms with E-state index in [0.29, 0.717) is 34.9 Å². The van der Waals surface area contributed by atoms with Gasteiger partial charge in [-0.2, -0.15) is 0 Å². The first-order chi connectivity index (χ1) is 33.7. The lowest BCUT2D eigenvalue weighted by atomic mass is 10.00. The molecular formula is C60H37N7S. The minimum absolute atomic E-state index is 0.517. The number of rotatable bonds is 8. The van der Waals surface area contributed by atoms with Crippen LogP contribution in [0.15, 0.2) is 224 Å². The maximum absolute atomic E-state index is 5.27. The summed E-state index contributed by atoms with van der Waals surface area (Å²) >= 11 is 1.84. The third-order valence-electron chi connectivity index (χ3n) is 12.5. The average molecular weight is 888 g/mol. The van der Waals surface area contributed by atoms with E-state index < -0.39 is 0 Å². The Morgan fingerprint density at radius 2 is 0.721 bits per heavy atom. The third-order valence-corrected chi connectivity index (χ3v) is 13.7. The summed E-state index contributed by atoms with van der Waals surface area (Å²) in [5, 5.41) is 4.98. The lowest BCUT2D eigenvalue weighted by Gasteiger charge is -2.13. The molecule has 0 bridgehead atoms. The molecule has 13 rings (SSSR count). The second kappa shape index (κ2) is 16.5. The van der Waals surface area contributed by atoms with Gasteiger partial charge in [0.1, 0.15) is 0 Å². The van der Waals surface area contributed by atoms with Gasteiger partial charge in [-0.15, -0.1) is 11.3 Å². The van der Waals surface area contributed by atoms with Crippen molar-refractivity contribution in [3.05, 3.63) is 224 Å². The fourth-order valence-corrected chi connectivity index (χ4v) is 10.6. The summed E-state index contributed by atoms with van der Waals surface area (Å²) in [6, 6.07) is 77.5. The highest BCUT2D eigenvalue weighted by Crippen LogP contribution is 2.44. The number of hydrogen-bond acceptors (Lipinski definition) is 7. The maximum atomic E-state index is 5.27. The van der Waals surface area contributed by atoms with Crippen molar-refractivity contribution >= 4 is 53.3 Å². The van der Waals surface area contributed by atoms with Crippen molar-refractivity contribution in [3.63, 3.8) is 0 Å². The maximum Gasteiger partial charge on any atom is 0.164 e. The molecular weight excluding hydrogens is 851 g/mol. The third kappa shape index (κ3) is 6.90. The van der Waals surface area contributed by atoms with Gasteiger partial charge >= 0.3 is 0 Å². The predicted octanol–water partition coefficient (Wildman–Crippen LogP) is 15.2. The van der Waals surface area contributed by atoms with Crippen LogP contribution in [0.3, 0.4) is 0 Å². The molecule has 0 unspecified atom stereocenters. The predicted molar refractivity (Wildman–Crippen MR) is 278 cm³/mol. The number of hydrogen-bond donors (Lipinski definition) is 0. The molecule has 0 aliphatic rings. The first kappa shape index (κ1) is 39.4. The highest BCUT2D eigenvalue weighted by molar-refractivity contribution is 7.26. The van der Waals surface area contributed by atoms with Crippen LogP contribution >= 0.6 is 11.3 Å². The van der Waals surface area contributed by atoms with E-state index in [1.807, 2.05) is 127 Å². The molecule has 7 nitrogen and oxygen atoms in total. The lowest BCUT2D eigenvalue weighted by molar-refractivity contribution is 1.06. The molecule has 0 atom stereocenters. The topological polar surface area (TPSA) is 82.3 Å². The minimum Gasteiger partial charge on any atom is -0.309 e. The van der Waals surface area contributed by atoms with Gasteiger partial charge in [0.25, 0.3) is 0 Å². The zero-order valence-electron chi connectivity index (χ0n) is 36.4. The van der Waals surface area contributed by atoms with E-state index in [2.05, 4.69) is 114 Å². The quantitative estimate of drug-likeness (QED) is 0.151. The van der Waals surface area contributed by atoms with E-state index in [1.165, 1.54) is 42.0 Å². The Labute approximate surface area is 395 Å². The Morgan fingerprint density at radius 1 is 0.279 bits per heavy atom. The average Bonchev–Trinajstić information content (AvgIpc) is 3.95. The van der Waals surface area contributed by atoms with Gasteiger partial charge < -0.3 is 4.57 Å². The number of aromatic nitrogens is 7. The summed E-state index contributed by atoms with van der Waals surface area (Å²) in [6.45, 7) is 0. The molecule has 13 aromatic rings. The van der Waals surface area contributed by atoms with Crippen molar-refractivity contribution in [1.29, 1.82) is 0 Å². The van der Waals surface area contributed by atoms with Crippen molar-refractivity contribution < 1.29 is 0 Å². The molecule has 9 aromatic carbocycles. The Balaban J connectivity index is 0.955. The first-order valence-corrected chi connectivity index (χ1v) is 23.3. The number of fused-ring (bicyclic) bond motifs is 6. The van der Waals surface area contributed by atoms with Gasteiger partial charge in [-0.3, -0.25) is 0 Å². The zero-order valence-corrected chi connectivity index (χ0v) is 37.2. The monoisotopic (exact) mass is 887 g/mol. The van der Waals surface area contributed by atoms with Crippen molar-refractivity contribution in [2.75, 3.05) is 0 Å². The summed E-state index contributed by atoms with van der Waals surface area (Å²) in [5.41, 5.74) is 10.9. The van der Waals surface area contributed by atoms with Gasteiger partial charge in [0, 0.05) is 70.0 Å². The minimum atomic E-state index is 0.517. The number of benzene rings is 9. The van der Waals surface area contributed by atoms with Crippen LogP contribution in [0, 0.1) is 0 Å². The lowest BCUT2D eigenvalue weighted by Crippen LogP contribution is -2.03. The molecule has 0 radical (unpaired) electrons. The summed E-state index contributed by atoms with van der Waals surface area (Å²) in [7, 11) is 0. The van der Waals surface area contributed by atoms with Crippen LogP contribution in [-0.4, -0.2) is 34.5 Å². The van der Waals surface area contributed by atoms with Crippen molar-refractivity contribution in [1.82, 2.24) is 34.5 Å². The van der Waals surface area contributed by atoms with Gasteiger partial charge in [-0.1, -0.05) is 188 Å². The van der Waals surface area contributed by atoms with E-state index in [1.54, 1.807) is 0 Å². The number of nitrogens with zero attached hydrogens (tertiary/aromatic N) is 7. The molecule has 8 heteroatoms. The Kier molecular flexibility index (Phi) is 9.54. The fourth-order valence-electron chi connectivity index (χ4n) is 9.31. The fraction of sp³-hybridized carbons (Fsp3) is 0. The van der Waals surface area contributed by atoms with E-state index >= 15 is 0 Å². The molecule has 0 spiro atoms. The molecule has 0 saturated heterocycles. The van der Waals surface area contributed by atoms with E-state index in [-0.39, 0.29) is 0 Å². The zero-order chi connectivity index (χ0) is 45.0.